The van der Waals surface area contributed by atoms with Crippen LogP contribution in [0.3, 0.4) is 0 Å². The molecule has 0 unspecified atom stereocenters. The van der Waals surface area contributed by atoms with E-state index < -0.39 is 10.4 Å². The molecule has 0 spiro atoms. The summed E-state index contributed by atoms with van der Waals surface area (Å²) >= 11 is 0. The molecule has 0 saturated heterocycles. The van der Waals surface area contributed by atoms with Crippen molar-refractivity contribution in [2.75, 3.05) is 0 Å². The molecule has 0 radical (unpaired) electrons. The third-order valence-electron chi connectivity index (χ3n) is 0. The Balaban J connectivity index is -0.00000000381. The summed E-state index contributed by atoms with van der Waals surface area (Å²) < 4.78 is 31.6. The quantitative estimate of drug-likeness (QED) is 0.287. The molecule has 0 fully saturated rings. The van der Waals surface area contributed by atoms with Crippen molar-refractivity contribution in [1.29, 1.82) is 0 Å². The molecule has 6 nitrogen and oxygen atoms in total. The van der Waals surface area contributed by atoms with Gasteiger partial charge < -0.3 is 15.2 Å². The van der Waals surface area contributed by atoms with E-state index in [9.17, 15) is 0 Å². The molecule has 0 amide bonds. The van der Waals surface area contributed by atoms with Crippen molar-refractivity contribution < 1.29 is 62.3 Å². The molecule has 0 heterocycles. The zero-order valence-corrected chi connectivity index (χ0v) is 9.06. The van der Waals surface area contributed by atoms with E-state index >= 15 is 0 Å². The predicted molar refractivity (Wildman–Crippen MR) is 30.5 cm³/mol. The molecule has 0 aromatic heterocycles. The fourth-order valence-electron chi connectivity index (χ4n) is 0. The summed E-state index contributed by atoms with van der Waals surface area (Å²) in [4.78, 5) is 0. The summed E-state index contributed by atoms with van der Waals surface area (Å²) in [6.07, 6.45) is 0. The molecule has 0 bridgehead atoms. The maximum absolute atomic E-state index is 8.74. The van der Waals surface area contributed by atoms with Crippen LogP contribution in [0.2, 0.25) is 0 Å². The monoisotopic (exact) mass is 184 g/mol. The zero-order valence-electron chi connectivity index (χ0n) is 7.83. The second kappa shape index (κ2) is 12.3. The SMILES string of the molecule is O.O.O=S(=O)(O)O.[H-].[H-].[H-].[Mg+2].[Na+]. The summed E-state index contributed by atoms with van der Waals surface area (Å²) in [6.45, 7) is 0. The molecule has 0 aromatic carbocycles. The van der Waals surface area contributed by atoms with Crippen molar-refractivity contribution >= 4 is 33.5 Å². The van der Waals surface area contributed by atoms with Gasteiger partial charge >= 0.3 is 63.0 Å². The van der Waals surface area contributed by atoms with Gasteiger partial charge in [0.05, 0.1) is 0 Å². The van der Waals surface area contributed by atoms with Crippen LogP contribution in [0.5, 0.6) is 0 Å². The Morgan fingerprint density at radius 2 is 1.11 bits per heavy atom. The Kier molecular flexibility index (Phi) is 42.5. The Morgan fingerprint density at radius 1 is 1.11 bits per heavy atom. The van der Waals surface area contributed by atoms with Gasteiger partial charge in [-0.1, -0.05) is 0 Å². The normalized spacial score (nSPS) is 6.44. The number of hydrogen-bond donors (Lipinski definition) is 2. The van der Waals surface area contributed by atoms with Crippen molar-refractivity contribution in [3.05, 3.63) is 0 Å². The zero-order chi connectivity index (χ0) is 4.50. The van der Waals surface area contributed by atoms with Gasteiger partial charge in [0, 0.05) is 0 Å². The van der Waals surface area contributed by atoms with Crippen molar-refractivity contribution in [2.24, 2.45) is 0 Å². The van der Waals surface area contributed by atoms with Gasteiger partial charge in [0.25, 0.3) is 0 Å². The number of hydrogen-bond acceptors (Lipinski definition) is 2. The average molecular weight is 184 g/mol. The fourth-order valence-corrected chi connectivity index (χ4v) is 0. The van der Waals surface area contributed by atoms with Crippen LogP contribution in [0, 0.1) is 0 Å². The van der Waals surface area contributed by atoms with Crippen LogP contribution in [0.4, 0.5) is 0 Å². The van der Waals surface area contributed by atoms with Crippen LogP contribution in [-0.2, 0) is 10.4 Å². The third-order valence-corrected chi connectivity index (χ3v) is 0. The van der Waals surface area contributed by atoms with Crippen LogP contribution >= 0.6 is 0 Å². The van der Waals surface area contributed by atoms with E-state index in [4.69, 9.17) is 17.5 Å². The first-order valence-corrected chi connectivity index (χ1v) is 2.10. The van der Waals surface area contributed by atoms with Gasteiger partial charge in [0.15, 0.2) is 0 Å². The largest absolute Gasteiger partial charge is 2.00 e. The van der Waals surface area contributed by atoms with E-state index in [1.165, 1.54) is 0 Å². The summed E-state index contributed by atoms with van der Waals surface area (Å²) in [5, 5.41) is 0. The van der Waals surface area contributed by atoms with Crippen molar-refractivity contribution in [3.63, 3.8) is 0 Å². The first kappa shape index (κ1) is 31.2. The summed E-state index contributed by atoms with van der Waals surface area (Å²) in [6, 6.07) is 0. The van der Waals surface area contributed by atoms with E-state index in [2.05, 4.69) is 0 Å². The van der Waals surface area contributed by atoms with Gasteiger partial charge in [-0.25, -0.2) is 0 Å². The van der Waals surface area contributed by atoms with E-state index in [1.54, 1.807) is 0 Å². The van der Waals surface area contributed by atoms with Gasteiger partial charge in [-0.15, -0.1) is 0 Å². The minimum Gasteiger partial charge on any atom is -1.00 e. The minimum absolute atomic E-state index is 0. The molecule has 0 aliphatic heterocycles. The fraction of sp³-hybridized carbons (Fsp3) is 0. The van der Waals surface area contributed by atoms with Crippen molar-refractivity contribution in [3.8, 4) is 0 Å². The number of rotatable bonds is 0. The second-order valence-corrected chi connectivity index (χ2v) is 1.34. The summed E-state index contributed by atoms with van der Waals surface area (Å²) in [7, 11) is -4.67. The van der Waals surface area contributed by atoms with Crippen LogP contribution in [0.15, 0.2) is 0 Å². The average Bonchev–Trinajstić information content (AvgIpc) is 0.722. The molecule has 0 atom stereocenters. The van der Waals surface area contributed by atoms with Crippen LogP contribution in [0.1, 0.15) is 4.28 Å². The first-order valence-electron chi connectivity index (χ1n) is 0.698. The Morgan fingerprint density at radius 3 is 1.11 bits per heavy atom. The van der Waals surface area contributed by atoms with Gasteiger partial charge in [0.2, 0.25) is 0 Å². The molecule has 0 rings (SSSR count). The van der Waals surface area contributed by atoms with E-state index in [-0.39, 0.29) is 67.8 Å². The minimum atomic E-state index is -4.67. The van der Waals surface area contributed by atoms with E-state index in [1.807, 2.05) is 0 Å². The second-order valence-electron chi connectivity index (χ2n) is 0.448. The van der Waals surface area contributed by atoms with E-state index in [0.717, 1.165) is 0 Å². The predicted octanol–water partition coefficient (Wildman–Crippen LogP) is -5.34. The Hall–Kier alpha value is 1.56. The Bertz CT molecular complexity index is 106. The molecule has 54 valence electrons. The van der Waals surface area contributed by atoms with Crippen LogP contribution in [-0.4, -0.2) is 51.5 Å². The first-order chi connectivity index (χ1) is 2.00. The Labute approximate surface area is 95.1 Å². The standard InChI is InChI=1S/Mg.Na.H2O4S.2H2O.3H/c;;1-5(2,3)4;;;;;/h;;(H2,1,2,3,4);2*1H2;;;/q+2;+1;;;;3*-1. The molecule has 6 N–H and O–H groups in total. The summed E-state index contributed by atoms with van der Waals surface area (Å²) in [5.41, 5.74) is 0. The van der Waals surface area contributed by atoms with Crippen LogP contribution in [0.25, 0.3) is 0 Å². The molecule has 9 heavy (non-hydrogen) atoms. The van der Waals surface area contributed by atoms with Crippen molar-refractivity contribution in [1.82, 2.24) is 0 Å². The molecular formula is H9MgNaO6S. The van der Waals surface area contributed by atoms with Gasteiger partial charge in [-0.3, -0.25) is 9.11 Å². The molecule has 0 aromatic rings. The van der Waals surface area contributed by atoms with Gasteiger partial charge in [-0.05, 0) is 0 Å². The third kappa shape index (κ3) is 225. The maximum atomic E-state index is 8.74. The summed E-state index contributed by atoms with van der Waals surface area (Å²) in [5.74, 6) is 0. The maximum Gasteiger partial charge on any atom is 2.00 e. The van der Waals surface area contributed by atoms with Gasteiger partial charge in [-0.2, -0.15) is 8.42 Å². The smallest absolute Gasteiger partial charge is 1.00 e. The van der Waals surface area contributed by atoms with E-state index in [0.29, 0.717) is 0 Å². The van der Waals surface area contributed by atoms with Gasteiger partial charge in [0.1, 0.15) is 0 Å². The topological polar surface area (TPSA) is 138 Å². The molecular weight excluding hydrogens is 175 g/mol. The molecule has 0 saturated carbocycles. The molecule has 9 heteroatoms. The molecule has 0 aliphatic carbocycles. The molecule has 0 aliphatic rings. The van der Waals surface area contributed by atoms with Crippen LogP contribution < -0.4 is 29.6 Å². The van der Waals surface area contributed by atoms with Crippen molar-refractivity contribution in [2.45, 2.75) is 0 Å².